The van der Waals surface area contributed by atoms with Crippen LogP contribution in [0.2, 0.25) is 0 Å². The number of sulfonamides is 1. The van der Waals surface area contributed by atoms with Gasteiger partial charge in [0.25, 0.3) is 5.91 Å². The quantitative estimate of drug-likeness (QED) is 0.604. The molecule has 1 fully saturated rings. The van der Waals surface area contributed by atoms with E-state index in [2.05, 4.69) is 10.0 Å². The maximum Gasteiger partial charge on any atom is 0.251 e. The van der Waals surface area contributed by atoms with E-state index in [0.29, 0.717) is 31.0 Å². The largest absolute Gasteiger partial charge is 0.348 e. The zero-order valence-corrected chi connectivity index (χ0v) is 16.0. The van der Waals surface area contributed by atoms with E-state index in [1.54, 1.807) is 11.3 Å². The lowest BCUT2D eigenvalue weighted by atomic mass is 10.1. The van der Waals surface area contributed by atoms with E-state index in [4.69, 9.17) is 5.73 Å². The molecule has 1 heterocycles. The fourth-order valence-corrected chi connectivity index (χ4v) is 4.49. The third kappa shape index (κ3) is 4.91. The van der Waals surface area contributed by atoms with Crippen LogP contribution in [0.15, 0.2) is 46.7 Å². The lowest BCUT2D eigenvalue weighted by Crippen LogP contribution is -2.41. The molecule has 3 rings (SSSR count). The summed E-state index contributed by atoms with van der Waals surface area (Å²) in [6.07, 6.45) is 2.84. The molecule has 1 unspecified atom stereocenters. The van der Waals surface area contributed by atoms with E-state index >= 15 is 0 Å². The molecule has 4 N–H and O–H groups in total. The molecular formula is C18H23N3O3S2. The smallest absolute Gasteiger partial charge is 0.251 e. The molecule has 0 bridgehead atoms. The van der Waals surface area contributed by atoms with Crippen LogP contribution in [0.5, 0.6) is 0 Å². The summed E-state index contributed by atoms with van der Waals surface area (Å²) < 4.78 is 27.3. The zero-order valence-electron chi connectivity index (χ0n) is 14.4. The Morgan fingerprint density at radius 3 is 2.54 bits per heavy atom. The van der Waals surface area contributed by atoms with Crippen molar-refractivity contribution in [3.63, 3.8) is 0 Å². The molecule has 1 amide bonds. The molecule has 0 aliphatic heterocycles. The van der Waals surface area contributed by atoms with E-state index in [0.717, 1.165) is 17.7 Å². The van der Waals surface area contributed by atoms with Gasteiger partial charge in [0.05, 0.1) is 4.90 Å². The van der Waals surface area contributed by atoms with Gasteiger partial charge in [0.15, 0.2) is 0 Å². The van der Waals surface area contributed by atoms with E-state index in [9.17, 15) is 13.2 Å². The Morgan fingerprint density at radius 1 is 1.23 bits per heavy atom. The van der Waals surface area contributed by atoms with Gasteiger partial charge in [0.1, 0.15) is 0 Å². The summed E-state index contributed by atoms with van der Waals surface area (Å²) in [5.41, 5.74) is 6.13. The van der Waals surface area contributed by atoms with Gasteiger partial charge in [-0.1, -0.05) is 6.07 Å². The standard InChI is InChI=1S/C18H23N3O3S2/c19-12-17(13-3-4-13)21-18(22)14-5-7-16(8-6-14)26(23,24)20-10-9-15-2-1-11-25-15/h1-2,5-8,11,13,17,20H,3-4,9-10,12,19H2,(H,21,22). The fourth-order valence-electron chi connectivity index (χ4n) is 2.75. The van der Waals surface area contributed by atoms with Gasteiger partial charge in [0.2, 0.25) is 10.0 Å². The SMILES string of the molecule is NCC(NC(=O)c1ccc(S(=O)(=O)NCCc2cccs2)cc1)C1CC1. The van der Waals surface area contributed by atoms with Gasteiger partial charge in [-0.2, -0.15) is 0 Å². The average Bonchev–Trinajstić information content (AvgIpc) is 3.35. The van der Waals surface area contributed by atoms with Crippen molar-refractivity contribution >= 4 is 27.3 Å². The predicted octanol–water partition coefficient (Wildman–Crippen LogP) is 1.74. The van der Waals surface area contributed by atoms with Crippen molar-refractivity contribution < 1.29 is 13.2 Å². The highest BCUT2D eigenvalue weighted by Gasteiger charge is 2.31. The summed E-state index contributed by atoms with van der Waals surface area (Å²) in [7, 11) is -3.58. The molecular weight excluding hydrogens is 370 g/mol. The average molecular weight is 394 g/mol. The van der Waals surface area contributed by atoms with Crippen molar-refractivity contribution in [1.82, 2.24) is 10.0 Å². The highest BCUT2D eigenvalue weighted by Crippen LogP contribution is 2.32. The molecule has 1 aromatic carbocycles. The number of carbonyl (C=O) groups excluding carboxylic acids is 1. The molecule has 0 saturated heterocycles. The van der Waals surface area contributed by atoms with E-state index in [1.807, 2.05) is 17.5 Å². The Balaban J connectivity index is 1.57. The third-order valence-electron chi connectivity index (χ3n) is 4.43. The number of carbonyl (C=O) groups is 1. The van der Waals surface area contributed by atoms with Crippen molar-refractivity contribution in [2.24, 2.45) is 11.7 Å². The normalized spacial score (nSPS) is 15.6. The van der Waals surface area contributed by atoms with Crippen molar-refractivity contribution in [2.45, 2.75) is 30.2 Å². The van der Waals surface area contributed by atoms with Crippen molar-refractivity contribution in [3.8, 4) is 0 Å². The number of rotatable bonds is 9. The van der Waals surface area contributed by atoms with Crippen LogP contribution in [0.1, 0.15) is 28.1 Å². The van der Waals surface area contributed by atoms with Crippen molar-refractivity contribution in [1.29, 1.82) is 0 Å². The van der Waals surface area contributed by atoms with Crippen LogP contribution >= 0.6 is 11.3 Å². The third-order valence-corrected chi connectivity index (χ3v) is 6.84. The predicted molar refractivity (Wildman–Crippen MR) is 103 cm³/mol. The van der Waals surface area contributed by atoms with Gasteiger partial charge in [-0.05, 0) is 60.9 Å². The Morgan fingerprint density at radius 2 is 1.96 bits per heavy atom. The van der Waals surface area contributed by atoms with Crippen LogP contribution in [0.4, 0.5) is 0 Å². The summed E-state index contributed by atoms with van der Waals surface area (Å²) in [5, 5.41) is 4.89. The van der Waals surface area contributed by atoms with Crippen LogP contribution in [0, 0.1) is 5.92 Å². The number of hydrogen-bond acceptors (Lipinski definition) is 5. The van der Waals surface area contributed by atoms with E-state index < -0.39 is 10.0 Å². The molecule has 26 heavy (non-hydrogen) atoms. The molecule has 8 heteroatoms. The second kappa shape index (κ2) is 8.30. The van der Waals surface area contributed by atoms with Crippen LogP contribution in [0.3, 0.4) is 0 Å². The molecule has 1 aliphatic carbocycles. The highest BCUT2D eigenvalue weighted by molar-refractivity contribution is 7.89. The van der Waals surface area contributed by atoms with Gasteiger partial charge in [0, 0.05) is 29.6 Å². The minimum absolute atomic E-state index is 0.00942. The van der Waals surface area contributed by atoms with Crippen LogP contribution in [0.25, 0.3) is 0 Å². The number of thiophene rings is 1. The molecule has 1 saturated carbocycles. The topological polar surface area (TPSA) is 101 Å². The second-order valence-corrected chi connectivity index (χ2v) is 9.20. The monoisotopic (exact) mass is 393 g/mol. The first-order chi connectivity index (χ1) is 12.5. The first-order valence-corrected chi connectivity index (χ1v) is 11.0. The Kier molecular flexibility index (Phi) is 6.08. The molecule has 0 spiro atoms. The van der Waals surface area contributed by atoms with Crippen LogP contribution in [-0.2, 0) is 16.4 Å². The van der Waals surface area contributed by atoms with Gasteiger partial charge in [-0.3, -0.25) is 4.79 Å². The second-order valence-electron chi connectivity index (χ2n) is 6.40. The van der Waals surface area contributed by atoms with E-state index in [-0.39, 0.29) is 16.8 Å². The van der Waals surface area contributed by atoms with E-state index in [1.165, 1.54) is 24.3 Å². The maximum absolute atomic E-state index is 12.3. The number of nitrogens with two attached hydrogens (primary N) is 1. The van der Waals surface area contributed by atoms with Crippen LogP contribution in [-0.4, -0.2) is 33.5 Å². The lowest BCUT2D eigenvalue weighted by Gasteiger charge is -2.16. The molecule has 6 nitrogen and oxygen atoms in total. The Labute approximate surface area is 157 Å². The summed E-state index contributed by atoms with van der Waals surface area (Å²) in [6, 6.07) is 9.88. The first-order valence-electron chi connectivity index (χ1n) is 8.62. The molecule has 2 aromatic rings. The number of amides is 1. The van der Waals surface area contributed by atoms with Crippen LogP contribution < -0.4 is 15.8 Å². The van der Waals surface area contributed by atoms with Crippen molar-refractivity contribution in [2.75, 3.05) is 13.1 Å². The molecule has 140 valence electrons. The minimum atomic E-state index is -3.58. The first kappa shape index (κ1) is 19.0. The number of hydrogen-bond donors (Lipinski definition) is 3. The molecule has 0 radical (unpaired) electrons. The summed E-state index contributed by atoms with van der Waals surface area (Å²) in [4.78, 5) is 13.6. The molecule has 1 aromatic heterocycles. The number of nitrogens with one attached hydrogen (secondary N) is 2. The molecule has 1 aliphatic rings. The zero-order chi connectivity index (χ0) is 18.6. The van der Waals surface area contributed by atoms with Gasteiger partial charge in [-0.15, -0.1) is 11.3 Å². The lowest BCUT2D eigenvalue weighted by molar-refractivity contribution is 0.0933. The Bertz CT molecular complexity index is 829. The summed E-state index contributed by atoms with van der Waals surface area (Å²) in [5.74, 6) is 0.248. The minimum Gasteiger partial charge on any atom is -0.348 e. The van der Waals surface area contributed by atoms with Gasteiger partial charge in [-0.25, -0.2) is 13.1 Å². The highest BCUT2D eigenvalue weighted by atomic mass is 32.2. The fraction of sp³-hybridized carbons (Fsp3) is 0.389. The Hall–Kier alpha value is -1.74. The summed E-state index contributed by atoms with van der Waals surface area (Å²) >= 11 is 1.60. The molecule has 1 atom stereocenters. The van der Waals surface area contributed by atoms with Gasteiger partial charge < -0.3 is 11.1 Å². The van der Waals surface area contributed by atoms with Crippen molar-refractivity contribution in [3.05, 3.63) is 52.2 Å². The number of benzene rings is 1. The van der Waals surface area contributed by atoms with Gasteiger partial charge >= 0.3 is 0 Å². The summed E-state index contributed by atoms with van der Waals surface area (Å²) in [6.45, 7) is 0.752. The maximum atomic E-state index is 12.3.